The Hall–Kier alpha value is -3.98. The fourth-order valence-electron chi connectivity index (χ4n) is 3.67. The van der Waals surface area contributed by atoms with E-state index in [0.717, 1.165) is 12.8 Å². The highest BCUT2D eigenvalue weighted by atomic mass is 19.1. The van der Waals surface area contributed by atoms with E-state index in [4.69, 9.17) is 19.9 Å². The number of benzene rings is 2. The summed E-state index contributed by atoms with van der Waals surface area (Å²) < 4.78 is 30.3. The molecular weight excluding hydrogens is 477 g/mol. The van der Waals surface area contributed by atoms with E-state index in [-0.39, 0.29) is 24.8 Å². The van der Waals surface area contributed by atoms with Gasteiger partial charge in [0.05, 0.1) is 25.0 Å². The van der Waals surface area contributed by atoms with E-state index >= 15 is 0 Å². The Balaban J connectivity index is 1.57. The van der Waals surface area contributed by atoms with Crippen LogP contribution < -0.4 is 20.5 Å². The summed E-state index contributed by atoms with van der Waals surface area (Å²) in [5.74, 6) is -0.304. The van der Waals surface area contributed by atoms with Gasteiger partial charge in [-0.2, -0.15) is 0 Å². The molecule has 1 unspecified atom stereocenters. The zero-order valence-corrected chi connectivity index (χ0v) is 20.8. The third-order valence-corrected chi connectivity index (χ3v) is 5.97. The summed E-state index contributed by atoms with van der Waals surface area (Å²) >= 11 is 0. The average Bonchev–Trinajstić information content (AvgIpc) is 3.74. The van der Waals surface area contributed by atoms with Crippen molar-refractivity contribution in [3.05, 3.63) is 77.2 Å². The Morgan fingerprint density at radius 1 is 1.16 bits per heavy atom. The van der Waals surface area contributed by atoms with Crippen molar-refractivity contribution in [3.63, 3.8) is 0 Å². The van der Waals surface area contributed by atoms with Crippen molar-refractivity contribution in [1.82, 2.24) is 10.3 Å². The van der Waals surface area contributed by atoms with E-state index in [0.29, 0.717) is 46.2 Å². The predicted molar refractivity (Wildman–Crippen MR) is 135 cm³/mol. The number of aromatic nitrogens is 1. The molecule has 0 aliphatic heterocycles. The molecule has 0 spiro atoms. The van der Waals surface area contributed by atoms with Crippen LogP contribution in [-0.4, -0.2) is 36.6 Å². The third kappa shape index (κ3) is 6.83. The van der Waals surface area contributed by atoms with Crippen LogP contribution in [0.4, 0.5) is 4.39 Å². The van der Waals surface area contributed by atoms with Gasteiger partial charge in [-0.05, 0) is 67.6 Å². The van der Waals surface area contributed by atoms with Gasteiger partial charge < -0.3 is 25.3 Å². The SMILES string of the molecule is COc1ccc(CNC(=O)c2cc(-c3ncccc3COC(=O)C(C)N)ccc2OCC2CC2)cc1F. The van der Waals surface area contributed by atoms with Crippen molar-refractivity contribution >= 4 is 11.9 Å². The molecule has 4 rings (SSSR count). The first-order valence-corrected chi connectivity index (χ1v) is 12.1. The molecule has 1 amide bonds. The highest BCUT2D eigenvalue weighted by Gasteiger charge is 2.24. The lowest BCUT2D eigenvalue weighted by atomic mass is 10.0. The Kier molecular flexibility index (Phi) is 8.35. The van der Waals surface area contributed by atoms with Gasteiger partial charge in [0.2, 0.25) is 0 Å². The van der Waals surface area contributed by atoms with E-state index in [9.17, 15) is 14.0 Å². The first-order chi connectivity index (χ1) is 17.9. The maximum absolute atomic E-state index is 14.1. The number of pyridine rings is 1. The standard InChI is InChI=1S/C28H30FN3O5/c1-17(30)28(34)37-16-21-4-3-11-31-26(21)20-8-10-24(36-15-18-5-6-18)22(13-20)27(33)32-14-19-7-9-25(35-2)23(29)12-19/h3-4,7-13,17-18H,5-6,14-16,30H2,1-2H3,(H,32,33). The number of halogens is 1. The number of nitrogens with two attached hydrogens (primary N) is 1. The molecule has 1 aromatic heterocycles. The zero-order valence-electron chi connectivity index (χ0n) is 20.8. The van der Waals surface area contributed by atoms with Gasteiger partial charge in [0, 0.05) is 23.9 Å². The summed E-state index contributed by atoms with van der Waals surface area (Å²) in [5, 5.41) is 2.84. The highest BCUT2D eigenvalue weighted by molar-refractivity contribution is 5.98. The van der Waals surface area contributed by atoms with Crippen LogP contribution in [0, 0.1) is 11.7 Å². The number of carbonyl (C=O) groups is 2. The number of methoxy groups -OCH3 is 1. The van der Waals surface area contributed by atoms with E-state index in [2.05, 4.69) is 10.3 Å². The molecule has 0 bridgehead atoms. The second-order valence-corrected chi connectivity index (χ2v) is 9.02. The molecule has 1 fully saturated rings. The van der Waals surface area contributed by atoms with Crippen LogP contribution in [0.15, 0.2) is 54.7 Å². The molecule has 3 N–H and O–H groups in total. The van der Waals surface area contributed by atoms with Gasteiger partial charge in [-0.3, -0.25) is 14.6 Å². The molecule has 1 aliphatic rings. The number of esters is 1. The smallest absolute Gasteiger partial charge is 0.322 e. The van der Waals surface area contributed by atoms with Crippen molar-refractivity contribution < 1.29 is 28.2 Å². The number of hydrogen-bond acceptors (Lipinski definition) is 7. The molecule has 0 radical (unpaired) electrons. The van der Waals surface area contributed by atoms with Crippen molar-refractivity contribution in [2.75, 3.05) is 13.7 Å². The van der Waals surface area contributed by atoms with Gasteiger partial charge in [-0.15, -0.1) is 0 Å². The van der Waals surface area contributed by atoms with Crippen LogP contribution >= 0.6 is 0 Å². The van der Waals surface area contributed by atoms with Gasteiger partial charge in [-0.25, -0.2) is 4.39 Å². The Morgan fingerprint density at radius 3 is 2.65 bits per heavy atom. The number of nitrogens with one attached hydrogen (secondary N) is 1. The van der Waals surface area contributed by atoms with Crippen molar-refractivity contribution in [1.29, 1.82) is 0 Å². The molecule has 37 heavy (non-hydrogen) atoms. The quantitative estimate of drug-likeness (QED) is 0.377. The number of hydrogen-bond donors (Lipinski definition) is 2. The summed E-state index contributed by atoms with van der Waals surface area (Å²) in [5.41, 5.74) is 8.41. The van der Waals surface area contributed by atoms with E-state index in [1.54, 1.807) is 43.5 Å². The second kappa shape index (κ2) is 11.8. The van der Waals surface area contributed by atoms with Crippen LogP contribution in [0.3, 0.4) is 0 Å². The molecule has 1 atom stereocenters. The molecule has 194 valence electrons. The fraction of sp³-hybridized carbons (Fsp3) is 0.321. The Morgan fingerprint density at radius 2 is 1.95 bits per heavy atom. The highest BCUT2D eigenvalue weighted by Crippen LogP contribution is 2.32. The molecule has 3 aromatic rings. The number of amides is 1. The van der Waals surface area contributed by atoms with E-state index in [1.807, 2.05) is 6.07 Å². The summed E-state index contributed by atoms with van der Waals surface area (Å²) in [4.78, 5) is 29.6. The molecule has 1 saturated carbocycles. The largest absolute Gasteiger partial charge is 0.494 e. The van der Waals surface area contributed by atoms with E-state index in [1.165, 1.54) is 19.2 Å². The van der Waals surface area contributed by atoms with Gasteiger partial charge in [-0.1, -0.05) is 12.1 Å². The second-order valence-electron chi connectivity index (χ2n) is 9.02. The summed E-state index contributed by atoms with van der Waals surface area (Å²) in [6.07, 6.45) is 3.85. The van der Waals surface area contributed by atoms with Crippen LogP contribution in [0.2, 0.25) is 0 Å². The zero-order chi connectivity index (χ0) is 26.4. The number of carbonyl (C=O) groups excluding carboxylic acids is 2. The normalized spacial score (nSPS) is 13.5. The number of rotatable bonds is 11. The number of nitrogens with zero attached hydrogens (tertiary/aromatic N) is 1. The van der Waals surface area contributed by atoms with Crippen molar-refractivity contribution in [3.8, 4) is 22.8 Å². The predicted octanol–water partition coefficient (Wildman–Crippen LogP) is 4.01. The Labute approximate surface area is 214 Å². The summed E-state index contributed by atoms with van der Waals surface area (Å²) in [6, 6.07) is 12.6. The van der Waals surface area contributed by atoms with Gasteiger partial charge in [0.15, 0.2) is 11.6 Å². The molecule has 1 aliphatic carbocycles. The minimum atomic E-state index is -0.738. The summed E-state index contributed by atoms with van der Waals surface area (Å²) in [7, 11) is 1.39. The number of ether oxygens (including phenoxy) is 3. The van der Waals surface area contributed by atoms with Gasteiger partial charge in [0.1, 0.15) is 18.4 Å². The maximum Gasteiger partial charge on any atom is 0.322 e. The van der Waals surface area contributed by atoms with Gasteiger partial charge in [0.25, 0.3) is 5.91 Å². The molecule has 0 saturated heterocycles. The monoisotopic (exact) mass is 507 g/mol. The topological polar surface area (TPSA) is 113 Å². The minimum absolute atomic E-state index is 0.00591. The van der Waals surface area contributed by atoms with Crippen molar-refractivity contribution in [2.24, 2.45) is 11.7 Å². The lowest BCUT2D eigenvalue weighted by Crippen LogP contribution is -2.28. The van der Waals surface area contributed by atoms with Crippen LogP contribution in [0.5, 0.6) is 11.5 Å². The van der Waals surface area contributed by atoms with Crippen molar-refractivity contribution in [2.45, 2.75) is 39.0 Å². The lowest BCUT2D eigenvalue weighted by molar-refractivity contribution is -0.146. The third-order valence-electron chi connectivity index (χ3n) is 5.97. The first-order valence-electron chi connectivity index (χ1n) is 12.1. The van der Waals surface area contributed by atoms with Gasteiger partial charge >= 0.3 is 5.97 Å². The van der Waals surface area contributed by atoms with Crippen LogP contribution in [0.25, 0.3) is 11.3 Å². The van der Waals surface area contributed by atoms with Crippen LogP contribution in [0.1, 0.15) is 41.3 Å². The van der Waals surface area contributed by atoms with Crippen LogP contribution in [-0.2, 0) is 22.7 Å². The minimum Gasteiger partial charge on any atom is -0.494 e. The molecule has 8 nitrogen and oxygen atoms in total. The molecule has 1 heterocycles. The average molecular weight is 508 g/mol. The maximum atomic E-state index is 14.1. The molecule has 9 heteroatoms. The molecule has 2 aromatic carbocycles. The van der Waals surface area contributed by atoms with E-state index < -0.39 is 17.8 Å². The lowest BCUT2D eigenvalue weighted by Gasteiger charge is -2.15. The fourth-order valence-corrected chi connectivity index (χ4v) is 3.67. The molecular formula is C28H30FN3O5. The summed E-state index contributed by atoms with van der Waals surface area (Å²) in [6.45, 7) is 2.20. The first kappa shape index (κ1) is 26.1. The Bertz CT molecular complexity index is 1280.